The van der Waals surface area contributed by atoms with Crippen LogP contribution < -0.4 is 10.5 Å². The van der Waals surface area contributed by atoms with Gasteiger partial charge in [0.15, 0.2) is 0 Å². The van der Waals surface area contributed by atoms with Crippen molar-refractivity contribution in [2.75, 3.05) is 6.61 Å². The van der Waals surface area contributed by atoms with Crippen LogP contribution in [0.3, 0.4) is 0 Å². The Labute approximate surface area is 143 Å². The molecular formula is C17H19Br2NO. The Hall–Kier alpha value is -0.840. The summed E-state index contributed by atoms with van der Waals surface area (Å²) < 4.78 is 7.66. The van der Waals surface area contributed by atoms with Crippen LogP contribution >= 0.6 is 31.9 Å². The number of ether oxygens (including phenoxy) is 1. The van der Waals surface area contributed by atoms with E-state index in [4.69, 9.17) is 10.5 Å². The van der Waals surface area contributed by atoms with E-state index in [1.165, 1.54) is 5.56 Å². The molecule has 0 aliphatic heterocycles. The lowest BCUT2D eigenvalue weighted by atomic mass is 9.98. The van der Waals surface area contributed by atoms with Gasteiger partial charge >= 0.3 is 0 Å². The maximum absolute atomic E-state index is 6.39. The van der Waals surface area contributed by atoms with Gasteiger partial charge in [-0.05, 0) is 70.2 Å². The normalized spacial score (nSPS) is 12.2. The molecule has 0 bridgehead atoms. The first kappa shape index (κ1) is 16.5. The molecule has 0 heterocycles. The van der Waals surface area contributed by atoms with E-state index in [9.17, 15) is 0 Å². The molecule has 0 aromatic heterocycles. The molecule has 4 heteroatoms. The lowest BCUT2D eigenvalue weighted by Gasteiger charge is -2.16. The van der Waals surface area contributed by atoms with Crippen molar-refractivity contribution >= 4 is 31.9 Å². The Morgan fingerprint density at radius 3 is 2.48 bits per heavy atom. The van der Waals surface area contributed by atoms with E-state index in [-0.39, 0.29) is 6.04 Å². The summed E-state index contributed by atoms with van der Waals surface area (Å²) in [4.78, 5) is 0. The van der Waals surface area contributed by atoms with Crippen molar-refractivity contribution in [2.45, 2.75) is 26.3 Å². The Morgan fingerprint density at radius 2 is 1.86 bits per heavy atom. The van der Waals surface area contributed by atoms with Gasteiger partial charge < -0.3 is 10.5 Å². The quantitative estimate of drug-likeness (QED) is 0.717. The van der Waals surface area contributed by atoms with Gasteiger partial charge in [0.2, 0.25) is 0 Å². The SMILES string of the molecule is CCCOc1ccc(C(N)c2cc(C)cc(Br)c2)cc1Br. The smallest absolute Gasteiger partial charge is 0.133 e. The molecule has 21 heavy (non-hydrogen) atoms. The number of hydrogen-bond acceptors (Lipinski definition) is 2. The summed E-state index contributed by atoms with van der Waals surface area (Å²) >= 11 is 7.08. The van der Waals surface area contributed by atoms with E-state index in [1.54, 1.807) is 0 Å². The monoisotopic (exact) mass is 411 g/mol. The van der Waals surface area contributed by atoms with Crippen molar-refractivity contribution in [1.29, 1.82) is 0 Å². The summed E-state index contributed by atoms with van der Waals surface area (Å²) in [6, 6.07) is 12.1. The lowest BCUT2D eigenvalue weighted by molar-refractivity contribution is 0.315. The summed E-state index contributed by atoms with van der Waals surface area (Å²) in [7, 11) is 0. The number of aryl methyl sites for hydroxylation is 1. The fourth-order valence-corrected chi connectivity index (χ4v) is 3.31. The average molecular weight is 413 g/mol. The molecule has 0 aliphatic rings. The predicted molar refractivity (Wildman–Crippen MR) is 94.8 cm³/mol. The molecule has 112 valence electrons. The van der Waals surface area contributed by atoms with Crippen LogP contribution in [0, 0.1) is 6.92 Å². The zero-order valence-electron chi connectivity index (χ0n) is 12.2. The Bertz CT molecular complexity index is 608. The van der Waals surface area contributed by atoms with Crippen molar-refractivity contribution in [1.82, 2.24) is 0 Å². The van der Waals surface area contributed by atoms with E-state index < -0.39 is 0 Å². The van der Waals surface area contributed by atoms with Gasteiger partial charge in [-0.1, -0.05) is 35.0 Å². The first-order valence-corrected chi connectivity index (χ1v) is 8.54. The maximum atomic E-state index is 6.39. The average Bonchev–Trinajstić information content (AvgIpc) is 2.44. The molecule has 0 amide bonds. The third-order valence-corrected chi connectivity index (χ3v) is 4.28. The van der Waals surface area contributed by atoms with Gasteiger partial charge in [-0.2, -0.15) is 0 Å². The highest BCUT2D eigenvalue weighted by molar-refractivity contribution is 9.10. The molecule has 2 N–H and O–H groups in total. The zero-order valence-corrected chi connectivity index (χ0v) is 15.4. The molecule has 0 aliphatic carbocycles. The Balaban J connectivity index is 2.26. The molecule has 0 radical (unpaired) electrons. The van der Waals surface area contributed by atoms with Crippen molar-refractivity contribution < 1.29 is 4.74 Å². The van der Waals surface area contributed by atoms with E-state index in [2.05, 4.69) is 63.9 Å². The first-order chi connectivity index (χ1) is 10.0. The topological polar surface area (TPSA) is 35.2 Å². The highest BCUT2D eigenvalue weighted by Gasteiger charge is 2.12. The van der Waals surface area contributed by atoms with E-state index in [1.807, 2.05) is 18.2 Å². The zero-order chi connectivity index (χ0) is 15.4. The minimum atomic E-state index is -0.155. The highest BCUT2D eigenvalue weighted by Crippen LogP contribution is 2.31. The van der Waals surface area contributed by atoms with Crippen molar-refractivity contribution in [3.05, 3.63) is 62.0 Å². The van der Waals surface area contributed by atoms with E-state index in [0.29, 0.717) is 0 Å². The largest absolute Gasteiger partial charge is 0.492 e. The number of halogens is 2. The van der Waals surface area contributed by atoms with Gasteiger partial charge in [0.25, 0.3) is 0 Å². The number of rotatable bonds is 5. The first-order valence-electron chi connectivity index (χ1n) is 6.96. The van der Waals surface area contributed by atoms with E-state index >= 15 is 0 Å². The van der Waals surface area contributed by atoms with Gasteiger partial charge in [0.1, 0.15) is 5.75 Å². The highest BCUT2D eigenvalue weighted by atomic mass is 79.9. The fourth-order valence-electron chi connectivity index (χ4n) is 2.18. The van der Waals surface area contributed by atoms with Crippen molar-refractivity contribution in [2.24, 2.45) is 5.73 Å². The summed E-state index contributed by atoms with van der Waals surface area (Å²) in [6.45, 7) is 4.88. The van der Waals surface area contributed by atoms with Gasteiger partial charge in [0.05, 0.1) is 17.1 Å². The van der Waals surface area contributed by atoms with Crippen LogP contribution in [-0.2, 0) is 0 Å². The van der Waals surface area contributed by atoms with Crippen LogP contribution in [0.25, 0.3) is 0 Å². The van der Waals surface area contributed by atoms with Gasteiger partial charge in [-0.15, -0.1) is 0 Å². The molecular weight excluding hydrogens is 394 g/mol. The molecule has 2 rings (SSSR count). The van der Waals surface area contributed by atoms with Gasteiger partial charge in [-0.3, -0.25) is 0 Å². The van der Waals surface area contributed by atoms with Crippen LogP contribution in [-0.4, -0.2) is 6.61 Å². The molecule has 2 aromatic rings. The Kier molecular flexibility index (Phi) is 5.85. The van der Waals surface area contributed by atoms with E-state index in [0.717, 1.165) is 38.8 Å². The number of hydrogen-bond donors (Lipinski definition) is 1. The van der Waals surface area contributed by atoms with Crippen molar-refractivity contribution in [3.8, 4) is 5.75 Å². The van der Waals surface area contributed by atoms with Crippen molar-refractivity contribution in [3.63, 3.8) is 0 Å². The molecule has 1 unspecified atom stereocenters. The molecule has 1 atom stereocenters. The number of nitrogens with two attached hydrogens (primary N) is 1. The van der Waals surface area contributed by atoms with Gasteiger partial charge in [0, 0.05) is 4.47 Å². The van der Waals surface area contributed by atoms with Crippen LogP contribution in [0.2, 0.25) is 0 Å². The summed E-state index contributed by atoms with van der Waals surface area (Å²) in [5.74, 6) is 0.859. The third kappa shape index (κ3) is 4.31. The van der Waals surface area contributed by atoms with Crippen LogP contribution in [0.1, 0.15) is 36.1 Å². The minimum Gasteiger partial charge on any atom is -0.492 e. The number of benzene rings is 2. The third-order valence-electron chi connectivity index (χ3n) is 3.20. The van der Waals surface area contributed by atoms with Crippen LogP contribution in [0.5, 0.6) is 5.75 Å². The second kappa shape index (κ2) is 7.43. The summed E-state index contributed by atoms with van der Waals surface area (Å²) in [6.07, 6.45) is 0.991. The maximum Gasteiger partial charge on any atom is 0.133 e. The second-order valence-corrected chi connectivity index (χ2v) is 6.85. The molecule has 0 fully saturated rings. The molecule has 0 spiro atoms. The predicted octanol–water partition coefficient (Wildman–Crippen LogP) is 5.36. The molecule has 0 saturated heterocycles. The van der Waals surface area contributed by atoms with Crippen LogP contribution in [0.15, 0.2) is 45.3 Å². The molecule has 2 nitrogen and oxygen atoms in total. The second-order valence-electron chi connectivity index (χ2n) is 5.08. The van der Waals surface area contributed by atoms with Gasteiger partial charge in [-0.25, -0.2) is 0 Å². The molecule has 2 aromatic carbocycles. The lowest BCUT2D eigenvalue weighted by Crippen LogP contribution is -2.12. The Morgan fingerprint density at radius 1 is 1.10 bits per heavy atom. The van der Waals surface area contributed by atoms with Crippen LogP contribution in [0.4, 0.5) is 0 Å². The summed E-state index contributed by atoms with van der Waals surface area (Å²) in [5, 5.41) is 0. The standard InChI is InChI=1S/C17H19Br2NO/c1-3-6-21-16-5-4-12(10-15(16)19)17(20)13-7-11(2)8-14(18)9-13/h4-5,7-10,17H,3,6,20H2,1-2H3. The fraction of sp³-hybridized carbons (Fsp3) is 0.294. The minimum absolute atomic E-state index is 0.155. The molecule has 0 saturated carbocycles. The summed E-state index contributed by atoms with van der Waals surface area (Å²) in [5.41, 5.74) is 9.73.